The maximum atomic E-state index is 13.0. The molecule has 0 spiro atoms. The first-order chi connectivity index (χ1) is 19.8. The minimum absolute atomic E-state index is 0.0750. The van der Waals surface area contributed by atoms with Gasteiger partial charge in [0, 0.05) is 12.0 Å². The molecular weight excluding hydrogens is 528 g/mol. The van der Waals surface area contributed by atoms with E-state index >= 15 is 0 Å². The van der Waals surface area contributed by atoms with E-state index in [9.17, 15) is 9.59 Å². The van der Waals surface area contributed by atoms with Crippen LogP contribution in [0.2, 0.25) is 0 Å². The zero-order chi connectivity index (χ0) is 30.4. The van der Waals surface area contributed by atoms with Crippen LogP contribution in [0.5, 0.6) is 0 Å². The fraction of sp³-hybridized carbons (Fsp3) is 0.688. The van der Waals surface area contributed by atoms with Gasteiger partial charge in [0.1, 0.15) is 13.2 Å². The Bertz CT molecular complexity index is 752. The molecule has 0 saturated heterocycles. The lowest BCUT2D eigenvalue weighted by Gasteiger charge is -2.33. The predicted octanol–water partition coefficient (Wildman–Crippen LogP) is 4.72. The van der Waals surface area contributed by atoms with Gasteiger partial charge >= 0.3 is 11.9 Å². The highest BCUT2D eigenvalue weighted by Crippen LogP contribution is 2.32. The van der Waals surface area contributed by atoms with Gasteiger partial charge in [-0.1, -0.05) is 31.2 Å². The van der Waals surface area contributed by atoms with Gasteiger partial charge in [0.2, 0.25) is 0 Å². The summed E-state index contributed by atoms with van der Waals surface area (Å²) >= 11 is 0. The van der Waals surface area contributed by atoms with Crippen LogP contribution in [-0.2, 0) is 42.7 Å². The number of carbonyl (C=O) groups is 2. The second-order valence-electron chi connectivity index (χ2n) is 10.9. The lowest BCUT2D eigenvalue weighted by molar-refractivity contribution is -0.164. The lowest BCUT2D eigenvalue weighted by Crippen LogP contribution is -2.43. The van der Waals surface area contributed by atoms with Gasteiger partial charge in [-0.05, 0) is 32.6 Å². The average molecular weight is 581 g/mol. The molecule has 9 heteroatoms. The Morgan fingerprint density at radius 3 is 1.37 bits per heavy atom. The molecule has 0 aromatic rings. The summed E-state index contributed by atoms with van der Waals surface area (Å²) in [5.41, 5.74) is -1.16. The number of ether oxygens (including phenoxy) is 7. The van der Waals surface area contributed by atoms with Crippen molar-refractivity contribution in [1.29, 1.82) is 0 Å². The van der Waals surface area contributed by atoms with Gasteiger partial charge in [-0.2, -0.15) is 0 Å². The van der Waals surface area contributed by atoms with Crippen LogP contribution in [0.4, 0.5) is 0 Å². The predicted molar refractivity (Wildman–Crippen MR) is 158 cm³/mol. The van der Waals surface area contributed by atoms with Gasteiger partial charge in [-0.15, -0.1) is 26.3 Å². The third kappa shape index (κ3) is 14.9. The molecule has 1 fully saturated rings. The molecule has 0 aliphatic heterocycles. The molecule has 1 rings (SSSR count). The second kappa shape index (κ2) is 21.4. The summed E-state index contributed by atoms with van der Waals surface area (Å²) in [6, 6.07) is 0. The molecule has 0 heterocycles. The molecule has 1 aliphatic carbocycles. The topological polar surface area (TPSA) is 98.8 Å². The molecule has 1 saturated carbocycles. The Morgan fingerprint density at radius 2 is 0.976 bits per heavy atom. The summed E-state index contributed by atoms with van der Waals surface area (Å²) in [5.74, 6) is -1.08. The Morgan fingerprint density at radius 1 is 0.610 bits per heavy atom. The molecule has 0 bridgehead atoms. The molecule has 9 nitrogen and oxygen atoms in total. The first-order valence-electron chi connectivity index (χ1n) is 14.4. The van der Waals surface area contributed by atoms with E-state index in [0.717, 1.165) is 0 Å². The van der Waals surface area contributed by atoms with Crippen LogP contribution < -0.4 is 0 Å². The molecule has 1 atom stereocenters. The van der Waals surface area contributed by atoms with Crippen LogP contribution >= 0.6 is 0 Å². The number of hydrogen-bond donors (Lipinski definition) is 0. The van der Waals surface area contributed by atoms with Crippen molar-refractivity contribution >= 4 is 11.9 Å². The number of esters is 2. The van der Waals surface area contributed by atoms with Crippen molar-refractivity contribution in [2.45, 2.75) is 39.5 Å². The van der Waals surface area contributed by atoms with Crippen LogP contribution in [0, 0.1) is 22.7 Å². The molecule has 0 amide bonds. The quantitative estimate of drug-likeness (QED) is 0.0863. The number of rotatable bonds is 25. The van der Waals surface area contributed by atoms with Crippen molar-refractivity contribution in [2.24, 2.45) is 22.7 Å². The largest absolute Gasteiger partial charge is 0.465 e. The van der Waals surface area contributed by atoms with Crippen molar-refractivity contribution in [1.82, 2.24) is 0 Å². The molecule has 1 aliphatic rings. The summed E-state index contributed by atoms with van der Waals surface area (Å²) in [5, 5.41) is 0. The normalized spacial score (nSPS) is 18.6. The zero-order valence-electron chi connectivity index (χ0n) is 25.3. The Hall–Kier alpha value is -2.30. The van der Waals surface area contributed by atoms with Gasteiger partial charge in [0.15, 0.2) is 0 Å². The van der Waals surface area contributed by atoms with Crippen molar-refractivity contribution in [3.8, 4) is 0 Å². The van der Waals surface area contributed by atoms with Crippen LogP contribution in [0.25, 0.3) is 0 Å². The monoisotopic (exact) mass is 580 g/mol. The second-order valence-corrected chi connectivity index (χ2v) is 10.9. The smallest absolute Gasteiger partial charge is 0.308 e. The van der Waals surface area contributed by atoms with Crippen molar-refractivity contribution in [3.63, 3.8) is 0 Å². The molecular formula is C32H52O9. The lowest BCUT2D eigenvalue weighted by atomic mass is 9.82. The fourth-order valence-corrected chi connectivity index (χ4v) is 4.46. The molecule has 0 aromatic carbocycles. The van der Waals surface area contributed by atoms with Gasteiger partial charge in [0.05, 0.1) is 76.7 Å². The van der Waals surface area contributed by atoms with E-state index < -0.39 is 10.8 Å². The van der Waals surface area contributed by atoms with E-state index in [1.165, 1.54) is 0 Å². The molecule has 41 heavy (non-hydrogen) atoms. The molecule has 0 N–H and O–H groups in total. The summed E-state index contributed by atoms with van der Waals surface area (Å²) < 4.78 is 39.9. The van der Waals surface area contributed by atoms with Gasteiger partial charge in [0.25, 0.3) is 0 Å². The summed E-state index contributed by atoms with van der Waals surface area (Å²) in [4.78, 5) is 25.9. The van der Waals surface area contributed by atoms with Crippen molar-refractivity contribution in [2.75, 3.05) is 79.3 Å². The van der Waals surface area contributed by atoms with Crippen LogP contribution in [0.1, 0.15) is 39.5 Å². The minimum atomic E-state index is -0.699. The highest BCUT2D eigenvalue weighted by atomic mass is 16.6. The summed E-state index contributed by atoms with van der Waals surface area (Å²) in [6.07, 6.45) is 8.89. The standard InChI is InChI=1S/C32H52O9/c1-7-16-36-21-31(6,20-35-11-5)22-40-29(33)27-12-14-28(15-13-27)30(34)41-26-32(23-37-17-8-2,24-38-18-9-3)25-39-19-10-4/h7-10,27-28H,1-4,11-26H2,5-6H3. The maximum absolute atomic E-state index is 13.0. The van der Waals surface area contributed by atoms with E-state index in [1.54, 1.807) is 24.3 Å². The third-order valence-electron chi connectivity index (χ3n) is 6.75. The van der Waals surface area contributed by atoms with E-state index in [-0.39, 0.29) is 56.8 Å². The van der Waals surface area contributed by atoms with Crippen molar-refractivity contribution < 1.29 is 42.7 Å². The van der Waals surface area contributed by atoms with Crippen molar-refractivity contribution in [3.05, 3.63) is 50.6 Å². The molecule has 234 valence electrons. The van der Waals surface area contributed by atoms with E-state index in [0.29, 0.717) is 71.9 Å². The molecule has 0 aromatic heterocycles. The first kappa shape index (κ1) is 36.7. The van der Waals surface area contributed by atoms with Gasteiger partial charge in [-0.25, -0.2) is 0 Å². The van der Waals surface area contributed by atoms with E-state index in [1.807, 2.05) is 13.8 Å². The maximum Gasteiger partial charge on any atom is 0.308 e. The average Bonchev–Trinajstić information content (AvgIpc) is 2.98. The van der Waals surface area contributed by atoms with Crippen LogP contribution in [-0.4, -0.2) is 91.2 Å². The Labute approximate surface area is 246 Å². The summed E-state index contributed by atoms with van der Waals surface area (Å²) in [6.45, 7) is 22.5. The van der Waals surface area contributed by atoms with Crippen LogP contribution in [0.15, 0.2) is 50.6 Å². The van der Waals surface area contributed by atoms with E-state index in [4.69, 9.17) is 33.2 Å². The Kier molecular flexibility index (Phi) is 19.2. The van der Waals surface area contributed by atoms with Crippen LogP contribution in [0.3, 0.4) is 0 Å². The van der Waals surface area contributed by atoms with E-state index in [2.05, 4.69) is 26.3 Å². The first-order valence-corrected chi connectivity index (χ1v) is 14.4. The van der Waals surface area contributed by atoms with Gasteiger partial charge in [-0.3, -0.25) is 9.59 Å². The minimum Gasteiger partial charge on any atom is -0.465 e. The number of hydrogen-bond acceptors (Lipinski definition) is 9. The SMILES string of the molecule is C=CCOCC(C)(COCC)COC(=O)C1CCC(C(=O)OCC(COCC=C)(COCC=C)COCC=C)CC1. The Balaban J connectivity index is 2.67. The third-order valence-corrected chi connectivity index (χ3v) is 6.75. The zero-order valence-corrected chi connectivity index (χ0v) is 25.3. The fourth-order valence-electron chi connectivity index (χ4n) is 4.46. The summed E-state index contributed by atoms with van der Waals surface area (Å²) in [7, 11) is 0. The molecule has 0 radical (unpaired) electrons. The number of carbonyl (C=O) groups excluding carboxylic acids is 2. The van der Waals surface area contributed by atoms with Gasteiger partial charge < -0.3 is 33.2 Å². The highest BCUT2D eigenvalue weighted by Gasteiger charge is 2.37. The highest BCUT2D eigenvalue weighted by molar-refractivity contribution is 5.75. The molecule has 1 unspecified atom stereocenters.